The third kappa shape index (κ3) is 2.63. The lowest BCUT2D eigenvalue weighted by Gasteiger charge is -2.31. The Bertz CT molecular complexity index is 337. The molecule has 0 aromatic carbocycles. The summed E-state index contributed by atoms with van der Waals surface area (Å²) in [6.07, 6.45) is 3.62. The van der Waals surface area contributed by atoms with Gasteiger partial charge in [0.15, 0.2) is 0 Å². The maximum absolute atomic E-state index is 10.5. The van der Waals surface area contributed by atoms with Crippen molar-refractivity contribution >= 4 is 0 Å². The fourth-order valence-electron chi connectivity index (χ4n) is 3.31. The SMILES string of the molecule is C/C1=C\CC[C@]2(C)O[C@@H]2[C@@H](O)[C@H](C(C)C)[C@H](O)C1. The third-order valence-electron chi connectivity index (χ3n) is 4.52. The van der Waals surface area contributed by atoms with Gasteiger partial charge < -0.3 is 14.9 Å². The first-order valence-corrected chi connectivity index (χ1v) is 7.05. The summed E-state index contributed by atoms with van der Waals surface area (Å²) in [5.74, 6) is 0.133. The van der Waals surface area contributed by atoms with Crippen molar-refractivity contribution in [2.24, 2.45) is 11.8 Å². The van der Waals surface area contributed by atoms with Crippen molar-refractivity contribution in [2.75, 3.05) is 0 Å². The highest BCUT2D eigenvalue weighted by Gasteiger charge is 2.58. The van der Waals surface area contributed by atoms with Gasteiger partial charge in [0.05, 0.1) is 17.8 Å². The molecule has 0 spiro atoms. The van der Waals surface area contributed by atoms with E-state index in [0.29, 0.717) is 6.42 Å². The van der Waals surface area contributed by atoms with Crippen molar-refractivity contribution in [1.82, 2.24) is 0 Å². The van der Waals surface area contributed by atoms with Gasteiger partial charge in [-0.1, -0.05) is 25.5 Å². The van der Waals surface area contributed by atoms with E-state index in [1.165, 1.54) is 5.57 Å². The molecule has 0 amide bonds. The van der Waals surface area contributed by atoms with Gasteiger partial charge in [-0.25, -0.2) is 0 Å². The van der Waals surface area contributed by atoms with E-state index in [4.69, 9.17) is 4.74 Å². The number of epoxide rings is 1. The Hall–Kier alpha value is -0.380. The predicted octanol–water partition coefficient (Wildman–Crippen LogP) is 2.27. The highest BCUT2D eigenvalue weighted by atomic mass is 16.6. The lowest BCUT2D eigenvalue weighted by molar-refractivity contribution is -0.0236. The Morgan fingerprint density at radius 2 is 2.06 bits per heavy atom. The van der Waals surface area contributed by atoms with E-state index in [-0.39, 0.29) is 23.5 Å². The summed E-state index contributed by atoms with van der Waals surface area (Å²) in [4.78, 5) is 0. The van der Waals surface area contributed by atoms with Gasteiger partial charge in [0.25, 0.3) is 0 Å². The van der Waals surface area contributed by atoms with Crippen LogP contribution in [-0.4, -0.2) is 34.1 Å². The quantitative estimate of drug-likeness (QED) is 0.557. The molecule has 2 N–H and O–H groups in total. The van der Waals surface area contributed by atoms with Crippen molar-refractivity contribution in [2.45, 2.75) is 70.9 Å². The molecule has 0 aromatic heterocycles. The second-order valence-electron chi connectivity index (χ2n) is 6.52. The van der Waals surface area contributed by atoms with Crippen LogP contribution in [-0.2, 0) is 4.74 Å². The number of allylic oxidation sites excluding steroid dienone is 1. The summed E-state index contributed by atoms with van der Waals surface area (Å²) < 4.78 is 5.72. The molecule has 5 atom stereocenters. The molecule has 1 heterocycles. The highest BCUT2D eigenvalue weighted by Crippen LogP contribution is 2.46. The number of hydrogen-bond acceptors (Lipinski definition) is 3. The van der Waals surface area contributed by atoms with Crippen molar-refractivity contribution < 1.29 is 14.9 Å². The van der Waals surface area contributed by atoms with Crippen LogP contribution >= 0.6 is 0 Å². The van der Waals surface area contributed by atoms with Crippen LogP contribution in [0.4, 0.5) is 0 Å². The molecule has 3 nitrogen and oxygen atoms in total. The fraction of sp³-hybridized carbons (Fsp3) is 0.867. The first-order chi connectivity index (χ1) is 8.35. The molecule has 18 heavy (non-hydrogen) atoms. The van der Waals surface area contributed by atoms with Crippen LogP contribution in [0.1, 0.15) is 47.0 Å². The van der Waals surface area contributed by atoms with Crippen molar-refractivity contribution in [1.29, 1.82) is 0 Å². The number of hydrogen-bond donors (Lipinski definition) is 2. The second-order valence-corrected chi connectivity index (χ2v) is 6.52. The normalized spacial score (nSPS) is 48.3. The number of aliphatic hydroxyl groups excluding tert-OH is 2. The molecule has 1 aliphatic heterocycles. The van der Waals surface area contributed by atoms with Gasteiger partial charge >= 0.3 is 0 Å². The van der Waals surface area contributed by atoms with Crippen LogP contribution in [0.5, 0.6) is 0 Å². The number of rotatable bonds is 1. The molecule has 3 heteroatoms. The highest BCUT2D eigenvalue weighted by molar-refractivity contribution is 5.10. The minimum Gasteiger partial charge on any atom is -0.392 e. The van der Waals surface area contributed by atoms with E-state index in [2.05, 4.69) is 33.8 Å². The standard InChI is InChI=1S/C15H26O3/c1-9(2)12-11(16)8-10(3)6-5-7-15(4)14(18-15)13(12)17/h6,9,11-14,16-17H,5,7-8H2,1-4H3/b10-6+/t11-,12-,13+,14-,15+/m1/s1. The van der Waals surface area contributed by atoms with Crippen LogP contribution < -0.4 is 0 Å². The van der Waals surface area contributed by atoms with Gasteiger partial charge in [0.1, 0.15) is 6.10 Å². The smallest absolute Gasteiger partial charge is 0.113 e. The molecule has 1 fully saturated rings. The van der Waals surface area contributed by atoms with E-state index < -0.39 is 12.2 Å². The largest absolute Gasteiger partial charge is 0.392 e. The van der Waals surface area contributed by atoms with Crippen LogP contribution in [0.2, 0.25) is 0 Å². The Morgan fingerprint density at radius 1 is 1.39 bits per heavy atom. The summed E-state index contributed by atoms with van der Waals surface area (Å²) in [5.41, 5.74) is 1.02. The van der Waals surface area contributed by atoms with Crippen molar-refractivity contribution in [3.05, 3.63) is 11.6 Å². The number of aliphatic hydroxyl groups is 2. The molecule has 0 bridgehead atoms. The van der Waals surface area contributed by atoms with Gasteiger partial charge in [0, 0.05) is 5.92 Å². The molecule has 0 radical (unpaired) electrons. The third-order valence-corrected chi connectivity index (χ3v) is 4.52. The minimum atomic E-state index is -0.559. The Labute approximate surface area is 110 Å². The van der Waals surface area contributed by atoms with Crippen LogP contribution in [0.3, 0.4) is 0 Å². The monoisotopic (exact) mass is 254 g/mol. The Balaban J connectivity index is 2.22. The molecule has 2 aliphatic rings. The zero-order chi connectivity index (χ0) is 13.5. The number of fused-ring (bicyclic) bond motifs is 1. The summed E-state index contributed by atoms with van der Waals surface area (Å²) >= 11 is 0. The molecule has 2 rings (SSSR count). The van der Waals surface area contributed by atoms with Crippen LogP contribution in [0, 0.1) is 11.8 Å². The average molecular weight is 254 g/mol. The number of ether oxygens (including phenoxy) is 1. The zero-order valence-electron chi connectivity index (χ0n) is 11.9. The van der Waals surface area contributed by atoms with Gasteiger partial charge in [-0.3, -0.25) is 0 Å². The summed E-state index contributed by atoms with van der Waals surface area (Å²) in [7, 11) is 0. The van der Waals surface area contributed by atoms with E-state index in [0.717, 1.165) is 12.8 Å². The molecule has 1 saturated heterocycles. The van der Waals surface area contributed by atoms with E-state index in [9.17, 15) is 10.2 Å². The lowest BCUT2D eigenvalue weighted by atomic mass is 9.78. The summed E-state index contributed by atoms with van der Waals surface area (Å²) in [6.45, 7) is 8.24. The molecule has 104 valence electrons. The van der Waals surface area contributed by atoms with E-state index >= 15 is 0 Å². The summed E-state index contributed by atoms with van der Waals surface area (Å²) in [5, 5.41) is 20.9. The van der Waals surface area contributed by atoms with E-state index in [1.807, 2.05) is 0 Å². The molecule has 0 aromatic rings. The van der Waals surface area contributed by atoms with Crippen molar-refractivity contribution in [3.8, 4) is 0 Å². The maximum atomic E-state index is 10.5. The van der Waals surface area contributed by atoms with Gasteiger partial charge in [0.2, 0.25) is 0 Å². The molecular formula is C15H26O3. The van der Waals surface area contributed by atoms with Gasteiger partial charge in [-0.05, 0) is 39.0 Å². The Morgan fingerprint density at radius 3 is 2.67 bits per heavy atom. The predicted molar refractivity (Wildman–Crippen MR) is 71.2 cm³/mol. The minimum absolute atomic E-state index is 0.105. The second kappa shape index (κ2) is 4.95. The summed E-state index contributed by atoms with van der Waals surface area (Å²) in [6, 6.07) is 0. The average Bonchev–Trinajstić information content (AvgIpc) is 2.89. The molecular weight excluding hydrogens is 228 g/mol. The molecule has 0 saturated carbocycles. The fourth-order valence-corrected chi connectivity index (χ4v) is 3.31. The zero-order valence-corrected chi connectivity index (χ0v) is 11.9. The van der Waals surface area contributed by atoms with E-state index in [1.54, 1.807) is 0 Å². The molecule has 1 aliphatic carbocycles. The Kier molecular flexibility index (Phi) is 3.86. The maximum Gasteiger partial charge on any atom is 0.113 e. The molecule has 0 unspecified atom stereocenters. The van der Waals surface area contributed by atoms with Gasteiger partial charge in [-0.2, -0.15) is 0 Å². The lowest BCUT2D eigenvalue weighted by Crippen LogP contribution is -2.41. The first kappa shape index (κ1) is 14.0. The van der Waals surface area contributed by atoms with Crippen molar-refractivity contribution in [3.63, 3.8) is 0 Å². The topological polar surface area (TPSA) is 53.0 Å². The van der Waals surface area contributed by atoms with Crippen LogP contribution in [0.15, 0.2) is 11.6 Å². The van der Waals surface area contributed by atoms with Gasteiger partial charge in [-0.15, -0.1) is 0 Å². The first-order valence-electron chi connectivity index (χ1n) is 7.05. The van der Waals surface area contributed by atoms with Crippen LogP contribution in [0.25, 0.3) is 0 Å².